The number of fused-ring (bicyclic) bond motifs is 1. The van der Waals surface area contributed by atoms with Crippen molar-refractivity contribution >= 4 is 22.8 Å². The fourth-order valence-electron chi connectivity index (χ4n) is 2.70. The molecule has 0 spiro atoms. The average Bonchev–Trinajstić information content (AvgIpc) is 2.61. The van der Waals surface area contributed by atoms with E-state index >= 15 is 0 Å². The zero-order valence-corrected chi connectivity index (χ0v) is 16.4. The van der Waals surface area contributed by atoms with Gasteiger partial charge in [0.15, 0.2) is 5.82 Å². The van der Waals surface area contributed by atoms with E-state index in [1.807, 2.05) is 0 Å². The second-order valence-electron chi connectivity index (χ2n) is 7.41. The van der Waals surface area contributed by atoms with Crippen LogP contribution >= 0.6 is 0 Å². The van der Waals surface area contributed by atoms with Gasteiger partial charge in [-0.25, -0.2) is 28.7 Å². The third-order valence-corrected chi connectivity index (χ3v) is 3.88. The lowest BCUT2D eigenvalue weighted by Gasteiger charge is -2.23. The van der Waals surface area contributed by atoms with Crippen LogP contribution in [-0.4, -0.2) is 31.2 Å². The second-order valence-corrected chi connectivity index (χ2v) is 7.41. The first-order chi connectivity index (χ1) is 13.6. The van der Waals surface area contributed by atoms with Gasteiger partial charge in [-0.05, 0) is 39.8 Å². The lowest BCUT2D eigenvalue weighted by Crippen LogP contribution is -2.37. The maximum Gasteiger partial charge on any atom is 0.408 e. The van der Waals surface area contributed by atoms with Crippen molar-refractivity contribution in [3.05, 3.63) is 52.6 Å². The zero-order valence-electron chi connectivity index (χ0n) is 16.4. The highest BCUT2D eigenvalue weighted by atomic mass is 19.1. The van der Waals surface area contributed by atoms with Crippen LogP contribution in [0, 0.1) is 5.82 Å². The predicted molar refractivity (Wildman–Crippen MR) is 105 cm³/mol. The Hall–Kier alpha value is -3.56. The van der Waals surface area contributed by atoms with Crippen molar-refractivity contribution in [2.75, 3.05) is 5.73 Å². The Kier molecular flexibility index (Phi) is 5.19. The van der Waals surface area contributed by atoms with E-state index in [0.717, 1.165) is 4.57 Å². The number of benzene rings is 1. The van der Waals surface area contributed by atoms with Crippen LogP contribution in [0.2, 0.25) is 0 Å². The van der Waals surface area contributed by atoms with Crippen molar-refractivity contribution in [1.82, 2.24) is 24.8 Å². The normalized spacial score (nSPS) is 12.6. The molecule has 2 heterocycles. The highest BCUT2D eigenvalue weighted by Gasteiger charge is 2.24. The summed E-state index contributed by atoms with van der Waals surface area (Å²) in [4.78, 5) is 37.7. The Morgan fingerprint density at radius 1 is 1.28 bits per heavy atom. The van der Waals surface area contributed by atoms with Crippen LogP contribution in [0.3, 0.4) is 0 Å². The van der Waals surface area contributed by atoms with Crippen molar-refractivity contribution in [2.24, 2.45) is 0 Å². The number of hydrogen-bond acceptors (Lipinski definition) is 7. The molecule has 0 saturated carbocycles. The van der Waals surface area contributed by atoms with Gasteiger partial charge in [0, 0.05) is 0 Å². The molecule has 29 heavy (non-hydrogen) atoms. The molecule has 9 nitrogen and oxygen atoms in total. The standard InChI is InChI=1S/C19H21FN6O3/c1-10(24-18(28)29-19(2,3)4)16-25-15-11(6-5-7-12(15)20)17(27)26(16)14-9-22-13(21)8-23-14/h5-10H,1-4H3,(H2,21,22)(H,24,28)/t10-/m0/s1. The van der Waals surface area contributed by atoms with Gasteiger partial charge in [0.1, 0.15) is 28.6 Å². The van der Waals surface area contributed by atoms with Gasteiger partial charge in [0.05, 0.1) is 23.8 Å². The molecule has 10 heteroatoms. The number of nitrogen functional groups attached to an aromatic ring is 1. The largest absolute Gasteiger partial charge is 0.444 e. The summed E-state index contributed by atoms with van der Waals surface area (Å²) in [7, 11) is 0. The minimum absolute atomic E-state index is 0.0665. The lowest BCUT2D eigenvalue weighted by molar-refractivity contribution is 0.0505. The van der Waals surface area contributed by atoms with E-state index in [-0.39, 0.29) is 28.4 Å². The van der Waals surface area contributed by atoms with Crippen LogP contribution in [0.4, 0.5) is 15.0 Å². The number of carbonyl (C=O) groups is 1. The van der Waals surface area contributed by atoms with Crippen LogP contribution in [0.15, 0.2) is 35.4 Å². The van der Waals surface area contributed by atoms with Gasteiger partial charge in [-0.2, -0.15) is 0 Å². The van der Waals surface area contributed by atoms with Crippen LogP contribution in [0.25, 0.3) is 16.7 Å². The van der Waals surface area contributed by atoms with Crippen molar-refractivity contribution < 1.29 is 13.9 Å². The van der Waals surface area contributed by atoms with Gasteiger partial charge in [-0.15, -0.1) is 0 Å². The number of ether oxygens (including phenoxy) is 1. The molecule has 0 bridgehead atoms. The lowest BCUT2D eigenvalue weighted by atomic mass is 10.2. The summed E-state index contributed by atoms with van der Waals surface area (Å²) < 4.78 is 20.7. The summed E-state index contributed by atoms with van der Waals surface area (Å²) in [6.07, 6.45) is 1.88. The Labute approximate surface area is 165 Å². The SMILES string of the molecule is C[C@H](NC(=O)OC(C)(C)C)c1nc2c(F)cccc2c(=O)n1-c1cnc(N)cn1. The first-order valence-corrected chi connectivity index (χ1v) is 8.85. The Bertz CT molecular complexity index is 1120. The van der Waals surface area contributed by atoms with Crippen molar-refractivity contribution in [1.29, 1.82) is 0 Å². The molecular weight excluding hydrogens is 379 g/mol. The van der Waals surface area contributed by atoms with Gasteiger partial charge in [0.25, 0.3) is 5.56 Å². The Balaban J connectivity index is 2.17. The fourth-order valence-corrected chi connectivity index (χ4v) is 2.70. The summed E-state index contributed by atoms with van der Waals surface area (Å²) in [5, 5.41) is 2.67. The number of para-hydroxylation sites is 1. The molecule has 0 fully saturated rings. The van der Waals surface area contributed by atoms with Gasteiger partial charge in [0.2, 0.25) is 0 Å². The Morgan fingerprint density at radius 3 is 2.62 bits per heavy atom. The first-order valence-electron chi connectivity index (χ1n) is 8.85. The van der Waals surface area contributed by atoms with Gasteiger partial charge < -0.3 is 15.8 Å². The number of hydrogen-bond donors (Lipinski definition) is 2. The van der Waals surface area contributed by atoms with E-state index in [9.17, 15) is 14.0 Å². The molecule has 1 amide bonds. The number of alkyl carbamates (subject to hydrolysis) is 1. The van der Waals surface area contributed by atoms with E-state index in [2.05, 4.69) is 20.3 Å². The molecule has 2 aromatic heterocycles. The quantitative estimate of drug-likeness (QED) is 0.692. The van der Waals surface area contributed by atoms with Gasteiger partial charge in [-0.1, -0.05) is 6.07 Å². The molecule has 152 valence electrons. The van der Waals surface area contributed by atoms with E-state index in [1.165, 1.54) is 30.6 Å². The number of nitrogens with two attached hydrogens (primary N) is 1. The van der Waals surface area contributed by atoms with E-state index < -0.39 is 29.1 Å². The molecule has 1 atom stereocenters. The maximum atomic E-state index is 14.3. The number of nitrogens with one attached hydrogen (secondary N) is 1. The number of aromatic nitrogens is 4. The van der Waals surface area contributed by atoms with Crippen LogP contribution in [0.1, 0.15) is 39.6 Å². The molecule has 0 radical (unpaired) electrons. The minimum Gasteiger partial charge on any atom is -0.444 e. The van der Waals surface area contributed by atoms with Crippen LogP contribution < -0.4 is 16.6 Å². The topological polar surface area (TPSA) is 125 Å². The average molecular weight is 400 g/mol. The minimum atomic E-state index is -0.805. The highest BCUT2D eigenvalue weighted by Crippen LogP contribution is 2.19. The monoisotopic (exact) mass is 400 g/mol. The summed E-state index contributed by atoms with van der Waals surface area (Å²) >= 11 is 0. The molecule has 3 rings (SSSR count). The molecule has 0 aliphatic carbocycles. The van der Waals surface area contributed by atoms with Crippen molar-refractivity contribution in [3.63, 3.8) is 0 Å². The van der Waals surface area contributed by atoms with E-state index in [4.69, 9.17) is 10.5 Å². The second kappa shape index (κ2) is 7.46. The third kappa shape index (κ3) is 4.31. The molecule has 0 aliphatic heterocycles. The molecule has 0 aliphatic rings. The third-order valence-electron chi connectivity index (χ3n) is 3.88. The Morgan fingerprint density at radius 2 is 2.00 bits per heavy atom. The van der Waals surface area contributed by atoms with Crippen molar-refractivity contribution in [2.45, 2.75) is 39.3 Å². The van der Waals surface area contributed by atoms with Gasteiger partial charge in [-0.3, -0.25) is 4.79 Å². The van der Waals surface area contributed by atoms with Crippen molar-refractivity contribution in [3.8, 4) is 5.82 Å². The first kappa shape index (κ1) is 20.2. The van der Waals surface area contributed by atoms with Crippen LogP contribution in [-0.2, 0) is 4.74 Å². The molecule has 0 saturated heterocycles. The summed E-state index contributed by atoms with van der Waals surface area (Å²) in [5.41, 5.74) is 4.20. The maximum absolute atomic E-state index is 14.3. The summed E-state index contributed by atoms with van der Waals surface area (Å²) in [5.74, 6) is -0.280. The number of nitrogens with zero attached hydrogens (tertiary/aromatic N) is 4. The van der Waals surface area contributed by atoms with Gasteiger partial charge >= 0.3 is 6.09 Å². The number of rotatable bonds is 3. The molecular formula is C19H21FN6O3. The predicted octanol–water partition coefficient (Wildman–Crippen LogP) is 2.48. The molecule has 3 N–H and O–H groups in total. The number of halogens is 1. The molecule has 0 unspecified atom stereocenters. The molecule has 3 aromatic rings. The molecule has 1 aromatic carbocycles. The summed E-state index contributed by atoms with van der Waals surface area (Å²) in [6.45, 7) is 6.77. The van der Waals surface area contributed by atoms with E-state index in [0.29, 0.717) is 0 Å². The highest BCUT2D eigenvalue weighted by molar-refractivity contribution is 5.78. The number of amides is 1. The zero-order chi connectivity index (χ0) is 21.3. The summed E-state index contributed by atoms with van der Waals surface area (Å²) in [6, 6.07) is 3.28. The number of anilines is 1. The smallest absolute Gasteiger partial charge is 0.408 e. The van der Waals surface area contributed by atoms with Crippen LogP contribution in [0.5, 0.6) is 0 Å². The van der Waals surface area contributed by atoms with E-state index in [1.54, 1.807) is 27.7 Å². The fraction of sp³-hybridized carbons (Fsp3) is 0.316. The number of carbonyl (C=O) groups excluding carboxylic acids is 1.